The second-order valence-electron chi connectivity index (χ2n) is 4.97. The first kappa shape index (κ1) is 13.6. The Labute approximate surface area is 104 Å². The smallest absolute Gasteiger partial charge is 0.123 e. The van der Waals surface area contributed by atoms with E-state index in [2.05, 4.69) is 46.4 Å². The van der Waals surface area contributed by atoms with E-state index in [-0.39, 0.29) is 0 Å². The van der Waals surface area contributed by atoms with Crippen LogP contribution in [0, 0.1) is 0 Å². The summed E-state index contributed by atoms with van der Waals surface area (Å²) in [5.74, 6) is 0.799. The van der Waals surface area contributed by atoms with E-state index in [1.165, 1.54) is 5.56 Å². The van der Waals surface area contributed by atoms with Crippen molar-refractivity contribution in [1.29, 1.82) is 0 Å². The first-order valence-electron chi connectivity index (χ1n) is 5.85. The molecule has 2 heteroatoms. The predicted molar refractivity (Wildman–Crippen MR) is 71.4 cm³/mol. The number of halogens is 1. The normalized spacial score (nSPS) is 13.6. The molecule has 0 nitrogen and oxygen atoms in total. The van der Waals surface area contributed by atoms with Gasteiger partial charge < -0.3 is 0 Å². The van der Waals surface area contributed by atoms with Crippen molar-refractivity contribution in [2.24, 2.45) is 0 Å². The van der Waals surface area contributed by atoms with Crippen LogP contribution in [0.2, 0.25) is 0 Å². The summed E-state index contributed by atoms with van der Waals surface area (Å²) in [5.41, 5.74) is 3.06. The average molecular weight is 240 g/mol. The van der Waals surface area contributed by atoms with Gasteiger partial charge in [0.2, 0.25) is 0 Å². The average Bonchev–Trinajstić information content (AvgIpc) is 2.16. The van der Waals surface area contributed by atoms with Crippen LogP contribution in [0.4, 0.5) is 4.39 Å². The standard InChI is InChI=1S/C14H21FS/c1-8(2)11-6-12(9(3)4)14(16)13(7-11)10(5)15/h6-10,16H,1-5H3. The molecule has 0 N–H and O–H groups in total. The van der Waals surface area contributed by atoms with E-state index in [9.17, 15) is 4.39 Å². The maximum atomic E-state index is 13.5. The third-order valence-corrected chi connectivity index (χ3v) is 3.42. The number of hydrogen-bond acceptors (Lipinski definition) is 1. The quantitative estimate of drug-likeness (QED) is 0.685. The van der Waals surface area contributed by atoms with Gasteiger partial charge in [-0.2, -0.15) is 0 Å². The Kier molecular flexibility index (Phi) is 4.43. The third kappa shape index (κ3) is 2.79. The lowest BCUT2D eigenvalue weighted by molar-refractivity contribution is 0.368. The molecule has 0 saturated carbocycles. The van der Waals surface area contributed by atoms with Crippen molar-refractivity contribution in [3.8, 4) is 0 Å². The number of benzene rings is 1. The zero-order valence-corrected chi connectivity index (χ0v) is 11.6. The minimum absolute atomic E-state index is 0.378. The highest BCUT2D eigenvalue weighted by Crippen LogP contribution is 2.34. The van der Waals surface area contributed by atoms with Crippen molar-refractivity contribution in [2.45, 2.75) is 57.5 Å². The first-order valence-corrected chi connectivity index (χ1v) is 6.30. The van der Waals surface area contributed by atoms with Crippen LogP contribution < -0.4 is 0 Å². The number of hydrogen-bond donors (Lipinski definition) is 1. The van der Waals surface area contributed by atoms with Crippen molar-refractivity contribution < 1.29 is 4.39 Å². The Balaban J connectivity index is 3.39. The highest BCUT2D eigenvalue weighted by atomic mass is 32.1. The fourth-order valence-electron chi connectivity index (χ4n) is 1.78. The van der Waals surface area contributed by atoms with Gasteiger partial charge in [0.25, 0.3) is 0 Å². The van der Waals surface area contributed by atoms with Crippen LogP contribution in [-0.4, -0.2) is 0 Å². The van der Waals surface area contributed by atoms with Gasteiger partial charge in [-0.3, -0.25) is 0 Å². The number of thiol groups is 1. The second-order valence-corrected chi connectivity index (χ2v) is 5.42. The van der Waals surface area contributed by atoms with Crippen molar-refractivity contribution in [1.82, 2.24) is 0 Å². The Morgan fingerprint density at radius 1 is 0.938 bits per heavy atom. The molecular weight excluding hydrogens is 219 g/mol. The molecule has 0 amide bonds. The molecule has 0 heterocycles. The van der Waals surface area contributed by atoms with Crippen LogP contribution in [0.5, 0.6) is 0 Å². The zero-order valence-electron chi connectivity index (χ0n) is 10.7. The van der Waals surface area contributed by atoms with Crippen LogP contribution >= 0.6 is 12.6 Å². The summed E-state index contributed by atoms with van der Waals surface area (Å²) in [4.78, 5) is 0.814. The highest BCUT2D eigenvalue weighted by Gasteiger charge is 2.16. The van der Waals surface area contributed by atoms with Crippen LogP contribution in [0.1, 0.15) is 69.3 Å². The molecule has 0 saturated heterocycles. The van der Waals surface area contributed by atoms with E-state index < -0.39 is 6.17 Å². The molecule has 0 bridgehead atoms. The summed E-state index contributed by atoms with van der Waals surface area (Å²) >= 11 is 4.47. The van der Waals surface area contributed by atoms with Gasteiger partial charge in [0.15, 0.2) is 0 Å². The largest absolute Gasteiger partial charge is 0.243 e. The van der Waals surface area contributed by atoms with E-state index in [1.807, 2.05) is 6.07 Å². The molecular formula is C14H21FS. The van der Waals surface area contributed by atoms with Gasteiger partial charge in [0, 0.05) is 4.90 Å². The predicted octanol–water partition coefficient (Wildman–Crippen LogP) is 5.25. The molecule has 0 aliphatic carbocycles. The van der Waals surface area contributed by atoms with Gasteiger partial charge in [-0.05, 0) is 35.4 Å². The number of alkyl halides is 1. The monoisotopic (exact) mass is 240 g/mol. The van der Waals surface area contributed by atoms with Gasteiger partial charge in [0.05, 0.1) is 0 Å². The topological polar surface area (TPSA) is 0 Å². The van der Waals surface area contributed by atoms with E-state index in [0.717, 1.165) is 16.0 Å². The lowest BCUT2D eigenvalue weighted by Gasteiger charge is -2.18. The molecule has 1 atom stereocenters. The molecule has 0 fully saturated rings. The SMILES string of the molecule is CC(C)c1cc(C(C)C)c(S)c(C(C)F)c1. The summed E-state index contributed by atoms with van der Waals surface area (Å²) in [5, 5.41) is 0. The minimum atomic E-state index is -0.955. The minimum Gasteiger partial charge on any atom is -0.243 e. The van der Waals surface area contributed by atoms with Crippen molar-refractivity contribution in [2.75, 3.05) is 0 Å². The summed E-state index contributed by atoms with van der Waals surface area (Å²) < 4.78 is 13.5. The summed E-state index contributed by atoms with van der Waals surface area (Å²) in [7, 11) is 0. The van der Waals surface area contributed by atoms with Crippen LogP contribution in [0.25, 0.3) is 0 Å². The van der Waals surface area contributed by atoms with Gasteiger partial charge in [0.1, 0.15) is 6.17 Å². The molecule has 1 aromatic rings. The molecule has 0 aliphatic heterocycles. The maximum absolute atomic E-state index is 13.5. The Morgan fingerprint density at radius 2 is 1.44 bits per heavy atom. The van der Waals surface area contributed by atoms with Crippen LogP contribution in [-0.2, 0) is 0 Å². The Morgan fingerprint density at radius 3 is 1.81 bits per heavy atom. The molecule has 1 unspecified atom stereocenters. The fourth-order valence-corrected chi connectivity index (χ4v) is 2.35. The lowest BCUT2D eigenvalue weighted by atomic mass is 9.92. The molecule has 0 spiro atoms. The first-order chi connectivity index (χ1) is 7.34. The van der Waals surface area contributed by atoms with Crippen LogP contribution in [0.15, 0.2) is 17.0 Å². The molecule has 0 aromatic heterocycles. The molecule has 1 aromatic carbocycles. The van der Waals surface area contributed by atoms with Crippen molar-refractivity contribution in [3.05, 3.63) is 28.8 Å². The van der Waals surface area contributed by atoms with Crippen molar-refractivity contribution in [3.63, 3.8) is 0 Å². The lowest BCUT2D eigenvalue weighted by Crippen LogP contribution is -2.00. The van der Waals surface area contributed by atoms with E-state index in [1.54, 1.807) is 6.92 Å². The zero-order chi connectivity index (χ0) is 12.5. The van der Waals surface area contributed by atoms with Gasteiger partial charge in [-0.1, -0.05) is 39.8 Å². The Bertz CT molecular complexity index is 338. The highest BCUT2D eigenvalue weighted by molar-refractivity contribution is 7.80. The second kappa shape index (κ2) is 5.22. The van der Waals surface area contributed by atoms with Crippen LogP contribution in [0.3, 0.4) is 0 Å². The van der Waals surface area contributed by atoms with E-state index in [4.69, 9.17) is 0 Å². The summed E-state index contributed by atoms with van der Waals surface area (Å²) in [6, 6.07) is 4.10. The third-order valence-electron chi connectivity index (χ3n) is 2.91. The van der Waals surface area contributed by atoms with E-state index >= 15 is 0 Å². The molecule has 1 rings (SSSR count). The van der Waals surface area contributed by atoms with Gasteiger partial charge in [-0.25, -0.2) is 4.39 Å². The molecule has 16 heavy (non-hydrogen) atoms. The summed E-state index contributed by atoms with van der Waals surface area (Å²) in [6.45, 7) is 10.1. The maximum Gasteiger partial charge on any atom is 0.123 e. The summed E-state index contributed by atoms with van der Waals surface area (Å²) in [6.07, 6.45) is -0.955. The van der Waals surface area contributed by atoms with Crippen molar-refractivity contribution >= 4 is 12.6 Å². The molecule has 0 aliphatic rings. The fraction of sp³-hybridized carbons (Fsp3) is 0.571. The molecule has 90 valence electrons. The van der Waals surface area contributed by atoms with E-state index in [0.29, 0.717) is 11.8 Å². The van der Waals surface area contributed by atoms with Gasteiger partial charge in [-0.15, -0.1) is 12.6 Å². The molecule has 0 radical (unpaired) electrons. The van der Waals surface area contributed by atoms with Gasteiger partial charge >= 0.3 is 0 Å². The number of rotatable bonds is 3. The Hall–Kier alpha value is -0.500.